The third kappa shape index (κ3) is 1.66. The topological polar surface area (TPSA) is 32.3 Å². The van der Waals surface area contributed by atoms with Crippen molar-refractivity contribution in [3.63, 3.8) is 0 Å². The molecule has 1 aliphatic heterocycles. The minimum Gasteiger partial charge on any atom is -0.391 e. The normalized spacial score (nSPS) is 30.3. The van der Waals surface area contributed by atoms with Gasteiger partial charge >= 0.3 is 0 Å². The Morgan fingerprint density at radius 1 is 1.25 bits per heavy atom. The molecule has 2 nitrogen and oxygen atoms in total. The summed E-state index contributed by atoms with van der Waals surface area (Å²) in [7, 11) is 0. The second kappa shape index (κ2) is 4.19. The summed E-state index contributed by atoms with van der Waals surface area (Å²) in [5.41, 5.74) is 2.81. The third-order valence-electron chi connectivity index (χ3n) is 4.10. The lowest BCUT2D eigenvalue weighted by atomic mass is 9.90. The molecule has 2 heteroatoms. The Labute approximate surface area is 96.7 Å². The average molecular weight is 217 g/mol. The predicted octanol–water partition coefficient (Wildman–Crippen LogP) is 1.83. The van der Waals surface area contributed by atoms with Crippen molar-refractivity contribution in [2.24, 2.45) is 0 Å². The number of rotatable bonds is 2. The van der Waals surface area contributed by atoms with Crippen LogP contribution in [-0.4, -0.2) is 23.8 Å². The SMILES string of the molecule is O[C@H](C1CCc2ccccc21)[C@@H]1CCCN1. The fourth-order valence-corrected chi connectivity index (χ4v) is 3.23. The Balaban J connectivity index is 1.81. The zero-order chi connectivity index (χ0) is 11.0. The van der Waals surface area contributed by atoms with Gasteiger partial charge in [-0.2, -0.15) is 0 Å². The summed E-state index contributed by atoms with van der Waals surface area (Å²) < 4.78 is 0. The number of aryl methyl sites for hydroxylation is 1. The summed E-state index contributed by atoms with van der Waals surface area (Å²) >= 11 is 0. The van der Waals surface area contributed by atoms with Crippen molar-refractivity contribution in [3.8, 4) is 0 Å². The quantitative estimate of drug-likeness (QED) is 0.792. The zero-order valence-electron chi connectivity index (χ0n) is 9.52. The highest BCUT2D eigenvalue weighted by atomic mass is 16.3. The monoisotopic (exact) mass is 217 g/mol. The molecule has 2 aliphatic rings. The average Bonchev–Trinajstić information content (AvgIpc) is 2.98. The second-order valence-electron chi connectivity index (χ2n) is 5.04. The number of benzene rings is 1. The maximum absolute atomic E-state index is 10.4. The number of fused-ring (bicyclic) bond motifs is 1. The van der Waals surface area contributed by atoms with E-state index < -0.39 is 0 Å². The molecule has 1 aromatic rings. The molecule has 2 N–H and O–H groups in total. The van der Waals surface area contributed by atoms with Crippen molar-refractivity contribution < 1.29 is 5.11 Å². The molecule has 0 spiro atoms. The zero-order valence-corrected chi connectivity index (χ0v) is 9.52. The van der Waals surface area contributed by atoms with E-state index in [2.05, 4.69) is 29.6 Å². The number of aliphatic hydroxyl groups is 1. The first kappa shape index (κ1) is 10.3. The van der Waals surface area contributed by atoms with Crippen LogP contribution >= 0.6 is 0 Å². The maximum atomic E-state index is 10.4. The Hall–Kier alpha value is -0.860. The lowest BCUT2D eigenvalue weighted by Gasteiger charge is -2.25. The molecule has 1 fully saturated rings. The number of aliphatic hydroxyl groups excluding tert-OH is 1. The van der Waals surface area contributed by atoms with E-state index >= 15 is 0 Å². The first-order chi connectivity index (χ1) is 7.86. The van der Waals surface area contributed by atoms with E-state index in [0.717, 1.165) is 25.8 Å². The highest BCUT2D eigenvalue weighted by Gasteiger charge is 2.34. The van der Waals surface area contributed by atoms with Crippen molar-refractivity contribution >= 4 is 0 Å². The van der Waals surface area contributed by atoms with Gasteiger partial charge in [0.2, 0.25) is 0 Å². The summed E-state index contributed by atoms with van der Waals surface area (Å²) in [5, 5.41) is 13.8. The summed E-state index contributed by atoms with van der Waals surface area (Å²) in [6.07, 6.45) is 4.37. The molecule has 0 saturated carbocycles. The van der Waals surface area contributed by atoms with Gasteiger partial charge in [-0.05, 0) is 43.4 Å². The fraction of sp³-hybridized carbons (Fsp3) is 0.571. The third-order valence-corrected chi connectivity index (χ3v) is 4.10. The number of hydrogen-bond donors (Lipinski definition) is 2. The Kier molecular flexibility index (Phi) is 2.70. The van der Waals surface area contributed by atoms with Gasteiger partial charge in [-0.25, -0.2) is 0 Å². The number of nitrogens with one attached hydrogen (secondary N) is 1. The van der Waals surface area contributed by atoms with Crippen LogP contribution in [0, 0.1) is 0 Å². The first-order valence-electron chi connectivity index (χ1n) is 6.35. The van der Waals surface area contributed by atoms with E-state index in [9.17, 15) is 5.11 Å². The minimum absolute atomic E-state index is 0.203. The van der Waals surface area contributed by atoms with Crippen molar-refractivity contribution in [1.29, 1.82) is 0 Å². The molecular weight excluding hydrogens is 198 g/mol. The maximum Gasteiger partial charge on any atom is 0.0761 e. The standard InChI is InChI=1S/C14H19NO/c16-14(13-6-3-9-15-13)12-8-7-10-4-1-2-5-11(10)12/h1-2,4-5,12-16H,3,6-9H2/t12?,13-,14+/m0/s1. The van der Waals surface area contributed by atoms with Crippen LogP contribution in [-0.2, 0) is 6.42 Å². The van der Waals surface area contributed by atoms with Gasteiger partial charge < -0.3 is 10.4 Å². The van der Waals surface area contributed by atoms with Gasteiger partial charge in [-0.15, -0.1) is 0 Å². The van der Waals surface area contributed by atoms with Crippen LogP contribution in [0.15, 0.2) is 24.3 Å². The predicted molar refractivity (Wildman–Crippen MR) is 64.5 cm³/mol. The van der Waals surface area contributed by atoms with Crippen molar-refractivity contribution in [2.45, 2.75) is 43.7 Å². The molecule has 0 amide bonds. The van der Waals surface area contributed by atoms with Crippen LogP contribution in [0.1, 0.15) is 36.3 Å². The molecule has 16 heavy (non-hydrogen) atoms. The molecule has 1 aliphatic carbocycles. The van der Waals surface area contributed by atoms with Crippen molar-refractivity contribution in [1.82, 2.24) is 5.32 Å². The van der Waals surface area contributed by atoms with E-state index in [1.165, 1.54) is 17.5 Å². The molecule has 3 atom stereocenters. The van der Waals surface area contributed by atoms with E-state index in [-0.39, 0.29) is 6.10 Å². The molecule has 0 bridgehead atoms. The smallest absolute Gasteiger partial charge is 0.0761 e. The molecule has 86 valence electrons. The second-order valence-corrected chi connectivity index (χ2v) is 5.04. The van der Waals surface area contributed by atoms with Crippen molar-refractivity contribution in [2.75, 3.05) is 6.54 Å². The summed E-state index contributed by atoms with van der Waals surface area (Å²) in [6.45, 7) is 1.07. The van der Waals surface area contributed by atoms with Gasteiger partial charge in [0.1, 0.15) is 0 Å². The number of hydrogen-bond acceptors (Lipinski definition) is 2. The largest absolute Gasteiger partial charge is 0.391 e. The van der Waals surface area contributed by atoms with E-state index in [0.29, 0.717) is 12.0 Å². The molecule has 1 unspecified atom stereocenters. The fourth-order valence-electron chi connectivity index (χ4n) is 3.23. The van der Waals surface area contributed by atoms with Crippen LogP contribution in [0.5, 0.6) is 0 Å². The molecule has 0 aromatic heterocycles. The van der Waals surface area contributed by atoms with Crippen LogP contribution < -0.4 is 5.32 Å². The van der Waals surface area contributed by atoms with Gasteiger partial charge in [0, 0.05) is 12.0 Å². The Morgan fingerprint density at radius 3 is 2.94 bits per heavy atom. The Bertz CT molecular complexity index is 371. The van der Waals surface area contributed by atoms with Crippen LogP contribution in [0.3, 0.4) is 0 Å². The molecule has 0 radical (unpaired) electrons. The molecule has 3 rings (SSSR count). The van der Waals surface area contributed by atoms with Crippen LogP contribution in [0.4, 0.5) is 0 Å². The molecule has 1 aromatic carbocycles. The highest BCUT2D eigenvalue weighted by molar-refractivity contribution is 5.36. The summed E-state index contributed by atoms with van der Waals surface area (Å²) in [5.74, 6) is 0.354. The minimum atomic E-state index is -0.203. The van der Waals surface area contributed by atoms with Crippen molar-refractivity contribution in [3.05, 3.63) is 35.4 Å². The van der Waals surface area contributed by atoms with E-state index in [1.807, 2.05) is 0 Å². The van der Waals surface area contributed by atoms with Gasteiger partial charge in [-0.3, -0.25) is 0 Å². The van der Waals surface area contributed by atoms with Gasteiger partial charge in [-0.1, -0.05) is 24.3 Å². The lowest BCUT2D eigenvalue weighted by Crippen LogP contribution is -2.38. The van der Waals surface area contributed by atoms with Crippen LogP contribution in [0.25, 0.3) is 0 Å². The molecular formula is C14H19NO. The highest BCUT2D eigenvalue weighted by Crippen LogP contribution is 2.37. The van der Waals surface area contributed by atoms with Gasteiger partial charge in [0.15, 0.2) is 0 Å². The summed E-state index contributed by atoms with van der Waals surface area (Å²) in [6, 6.07) is 8.89. The van der Waals surface area contributed by atoms with E-state index in [4.69, 9.17) is 0 Å². The summed E-state index contributed by atoms with van der Waals surface area (Å²) in [4.78, 5) is 0. The van der Waals surface area contributed by atoms with E-state index in [1.54, 1.807) is 0 Å². The van der Waals surface area contributed by atoms with Crippen LogP contribution in [0.2, 0.25) is 0 Å². The molecule has 1 saturated heterocycles. The van der Waals surface area contributed by atoms with Gasteiger partial charge in [0.05, 0.1) is 6.10 Å². The van der Waals surface area contributed by atoms with Gasteiger partial charge in [0.25, 0.3) is 0 Å². The Morgan fingerprint density at radius 2 is 2.12 bits per heavy atom. The first-order valence-corrected chi connectivity index (χ1v) is 6.35. The molecule has 1 heterocycles. The lowest BCUT2D eigenvalue weighted by molar-refractivity contribution is 0.107.